The molecule has 4 aromatic rings. The molecule has 0 aliphatic heterocycles. The Bertz CT molecular complexity index is 1300. The summed E-state index contributed by atoms with van der Waals surface area (Å²) in [5, 5.41) is 6.80. The largest absolute Gasteiger partial charge is 0.433 e. The highest BCUT2D eigenvalue weighted by atomic mass is 16.6. The predicted molar refractivity (Wildman–Crippen MR) is 138 cm³/mol. The number of H-pyrrole nitrogens is 1. The molecule has 6 nitrogen and oxygen atoms in total. The summed E-state index contributed by atoms with van der Waals surface area (Å²) in [7, 11) is 0. The predicted octanol–water partition coefficient (Wildman–Crippen LogP) is 5.58. The number of carbonyl (C=O) groups excluding carboxylic acids is 2. The number of ether oxygens (including phenoxy) is 1. The fourth-order valence-electron chi connectivity index (χ4n) is 4.10. The number of aromatic amines is 1. The number of aromatic nitrogens is 1. The van der Waals surface area contributed by atoms with Gasteiger partial charge in [-0.2, -0.15) is 0 Å². The standard InChI is InChI=1S/C29H31N3O3/c1-20-13-15-23(16-14-20)21(2)32-27(33)29(3,17-24-19-30-26-12-8-7-11-25(24)26)35-28(34)31-18-22-9-5-4-6-10-22/h4-16,19,21,30H,17-18H2,1-3H3,(H,31,34)(H,32,33). The molecule has 0 saturated heterocycles. The van der Waals surface area contributed by atoms with Crippen molar-refractivity contribution in [3.05, 3.63) is 107 Å². The van der Waals surface area contributed by atoms with E-state index in [1.165, 1.54) is 0 Å². The smallest absolute Gasteiger partial charge is 0.408 e. The first-order valence-electron chi connectivity index (χ1n) is 11.8. The molecular formula is C29H31N3O3. The number of carbonyl (C=O) groups is 2. The Morgan fingerprint density at radius 2 is 1.66 bits per heavy atom. The molecule has 180 valence electrons. The highest BCUT2D eigenvalue weighted by Crippen LogP contribution is 2.26. The van der Waals surface area contributed by atoms with Crippen molar-refractivity contribution in [1.82, 2.24) is 15.6 Å². The zero-order valence-corrected chi connectivity index (χ0v) is 20.3. The summed E-state index contributed by atoms with van der Waals surface area (Å²) in [6, 6.07) is 25.2. The Balaban J connectivity index is 1.54. The third-order valence-electron chi connectivity index (χ3n) is 6.21. The van der Waals surface area contributed by atoms with Crippen LogP contribution in [0.3, 0.4) is 0 Å². The molecule has 2 unspecified atom stereocenters. The van der Waals surface area contributed by atoms with Crippen LogP contribution >= 0.6 is 0 Å². The molecule has 3 N–H and O–H groups in total. The van der Waals surface area contributed by atoms with Crippen molar-refractivity contribution in [1.29, 1.82) is 0 Å². The van der Waals surface area contributed by atoms with Gasteiger partial charge in [-0.1, -0.05) is 78.4 Å². The quantitative estimate of drug-likeness (QED) is 0.315. The summed E-state index contributed by atoms with van der Waals surface area (Å²) in [6.07, 6.45) is 1.45. The van der Waals surface area contributed by atoms with Crippen molar-refractivity contribution in [2.75, 3.05) is 0 Å². The van der Waals surface area contributed by atoms with Gasteiger partial charge in [-0.25, -0.2) is 4.79 Å². The van der Waals surface area contributed by atoms with E-state index in [9.17, 15) is 9.59 Å². The Kier molecular flexibility index (Phi) is 7.20. The van der Waals surface area contributed by atoms with E-state index < -0.39 is 11.7 Å². The fraction of sp³-hybridized carbons (Fsp3) is 0.241. The maximum Gasteiger partial charge on any atom is 0.408 e. The maximum absolute atomic E-state index is 13.6. The van der Waals surface area contributed by atoms with Crippen LogP contribution in [0, 0.1) is 6.92 Å². The van der Waals surface area contributed by atoms with Crippen LogP contribution in [0.1, 0.15) is 42.1 Å². The molecule has 3 aromatic carbocycles. The van der Waals surface area contributed by atoms with Gasteiger partial charge in [-0.15, -0.1) is 0 Å². The molecule has 6 heteroatoms. The molecule has 2 atom stereocenters. The Morgan fingerprint density at radius 1 is 0.971 bits per heavy atom. The summed E-state index contributed by atoms with van der Waals surface area (Å²) in [5.41, 5.74) is 3.51. The Hall–Kier alpha value is -4.06. The lowest BCUT2D eigenvalue weighted by atomic mass is 9.94. The number of rotatable bonds is 8. The van der Waals surface area contributed by atoms with Crippen molar-refractivity contribution in [3.63, 3.8) is 0 Å². The van der Waals surface area contributed by atoms with Gasteiger partial charge in [-0.3, -0.25) is 4.79 Å². The van der Waals surface area contributed by atoms with Crippen LogP contribution in [-0.4, -0.2) is 22.6 Å². The van der Waals surface area contributed by atoms with Gasteiger partial charge in [0.1, 0.15) is 0 Å². The van der Waals surface area contributed by atoms with Gasteiger partial charge in [-0.05, 0) is 43.5 Å². The number of hydrogen-bond donors (Lipinski definition) is 3. The van der Waals surface area contributed by atoms with Crippen LogP contribution in [0.4, 0.5) is 4.79 Å². The van der Waals surface area contributed by atoms with Crippen LogP contribution in [0.5, 0.6) is 0 Å². The number of para-hydroxylation sites is 1. The maximum atomic E-state index is 13.6. The minimum atomic E-state index is -1.43. The van der Waals surface area contributed by atoms with Gasteiger partial charge >= 0.3 is 6.09 Å². The van der Waals surface area contributed by atoms with E-state index >= 15 is 0 Å². The van der Waals surface area contributed by atoms with Crippen molar-refractivity contribution in [3.8, 4) is 0 Å². The zero-order valence-electron chi connectivity index (χ0n) is 20.3. The summed E-state index contributed by atoms with van der Waals surface area (Å²) in [4.78, 5) is 29.6. The first-order valence-corrected chi connectivity index (χ1v) is 11.8. The van der Waals surface area contributed by atoms with Gasteiger partial charge in [0, 0.05) is 30.1 Å². The number of fused-ring (bicyclic) bond motifs is 1. The second-order valence-corrected chi connectivity index (χ2v) is 9.10. The van der Waals surface area contributed by atoms with Gasteiger partial charge in [0.25, 0.3) is 5.91 Å². The highest BCUT2D eigenvalue weighted by Gasteiger charge is 2.39. The van der Waals surface area contributed by atoms with Gasteiger partial charge in [0.05, 0.1) is 6.04 Å². The van der Waals surface area contributed by atoms with E-state index in [1.807, 2.05) is 98.9 Å². The minimum Gasteiger partial charge on any atom is -0.433 e. The molecule has 0 radical (unpaired) electrons. The number of benzene rings is 3. The van der Waals surface area contributed by atoms with Crippen LogP contribution in [-0.2, 0) is 22.5 Å². The lowest BCUT2D eigenvalue weighted by Crippen LogP contribution is -2.51. The lowest BCUT2D eigenvalue weighted by molar-refractivity contribution is -0.139. The lowest BCUT2D eigenvalue weighted by Gasteiger charge is -2.30. The topological polar surface area (TPSA) is 83.2 Å². The number of aryl methyl sites for hydroxylation is 1. The monoisotopic (exact) mass is 469 g/mol. The SMILES string of the molecule is Cc1ccc(C(C)NC(=O)C(C)(Cc2c[nH]c3ccccc23)OC(=O)NCc2ccccc2)cc1. The number of alkyl carbamates (subject to hydrolysis) is 1. The van der Waals surface area contributed by atoms with E-state index in [0.29, 0.717) is 6.54 Å². The summed E-state index contributed by atoms with van der Waals surface area (Å²) in [5.74, 6) is -0.356. The molecule has 0 bridgehead atoms. The molecule has 1 heterocycles. The average molecular weight is 470 g/mol. The van der Waals surface area contributed by atoms with Crippen LogP contribution in [0.25, 0.3) is 10.9 Å². The van der Waals surface area contributed by atoms with E-state index in [1.54, 1.807) is 6.92 Å². The van der Waals surface area contributed by atoms with E-state index in [0.717, 1.165) is 33.2 Å². The molecule has 0 fully saturated rings. The van der Waals surface area contributed by atoms with E-state index in [2.05, 4.69) is 15.6 Å². The Labute approximate surface area is 205 Å². The summed E-state index contributed by atoms with van der Waals surface area (Å²) in [6.45, 7) is 5.91. The number of hydrogen-bond acceptors (Lipinski definition) is 3. The van der Waals surface area contributed by atoms with Crippen molar-refractivity contribution >= 4 is 22.9 Å². The van der Waals surface area contributed by atoms with Gasteiger partial charge in [0.15, 0.2) is 5.60 Å². The first kappa shape index (κ1) is 24.1. The molecular weight excluding hydrogens is 438 g/mol. The first-order chi connectivity index (χ1) is 16.8. The second kappa shape index (κ2) is 10.5. The molecule has 0 aliphatic carbocycles. The van der Waals surface area contributed by atoms with Crippen molar-refractivity contribution < 1.29 is 14.3 Å². The molecule has 1 aromatic heterocycles. The normalized spacial score (nSPS) is 13.6. The van der Waals surface area contributed by atoms with Gasteiger partial charge in [0.2, 0.25) is 0 Å². The molecule has 0 spiro atoms. The van der Waals surface area contributed by atoms with Crippen LogP contribution in [0.2, 0.25) is 0 Å². The van der Waals surface area contributed by atoms with Gasteiger partial charge < -0.3 is 20.4 Å². The molecule has 35 heavy (non-hydrogen) atoms. The summed E-state index contributed by atoms with van der Waals surface area (Å²) < 4.78 is 5.82. The fourth-order valence-corrected chi connectivity index (χ4v) is 4.10. The molecule has 2 amide bonds. The van der Waals surface area contributed by atoms with Crippen LogP contribution < -0.4 is 10.6 Å². The third kappa shape index (κ3) is 5.90. The molecule has 0 aliphatic rings. The van der Waals surface area contributed by atoms with Crippen molar-refractivity contribution in [2.24, 2.45) is 0 Å². The van der Waals surface area contributed by atoms with E-state index in [-0.39, 0.29) is 18.4 Å². The second-order valence-electron chi connectivity index (χ2n) is 9.10. The third-order valence-corrected chi connectivity index (χ3v) is 6.21. The van der Waals surface area contributed by atoms with Crippen LogP contribution in [0.15, 0.2) is 85.1 Å². The molecule has 4 rings (SSSR count). The Morgan fingerprint density at radius 3 is 2.40 bits per heavy atom. The summed E-state index contributed by atoms with van der Waals surface area (Å²) >= 11 is 0. The minimum absolute atomic E-state index is 0.224. The number of nitrogens with one attached hydrogen (secondary N) is 3. The average Bonchev–Trinajstić information content (AvgIpc) is 3.26. The van der Waals surface area contributed by atoms with Crippen molar-refractivity contribution in [2.45, 2.75) is 45.4 Å². The highest BCUT2D eigenvalue weighted by molar-refractivity contribution is 5.90. The molecule has 0 saturated carbocycles. The zero-order chi connectivity index (χ0) is 24.8. The van der Waals surface area contributed by atoms with E-state index in [4.69, 9.17) is 4.74 Å². The number of amides is 2.